The molecular formula is C28H30ClN7. The molecule has 1 fully saturated rings. The lowest BCUT2D eigenvalue weighted by atomic mass is 9.96. The van der Waals surface area contributed by atoms with E-state index in [1.54, 1.807) is 6.20 Å². The number of aryl methyl sites for hydroxylation is 1. The lowest BCUT2D eigenvalue weighted by Crippen LogP contribution is -2.20. The summed E-state index contributed by atoms with van der Waals surface area (Å²) >= 11 is 6.74. The number of aromatic nitrogens is 4. The summed E-state index contributed by atoms with van der Waals surface area (Å²) < 4.78 is 1.97. The highest BCUT2D eigenvalue weighted by atomic mass is 35.5. The van der Waals surface area contributed by atoms with Crippen LogP contribution < -0.4 is 10.6 Å². The maximum atomic E-state index is 9.78. The van der Waals surface area contributed by atoms with E-state index in [9.17, 15) is 5.26 Å². The largest absolute Gasteiger partial charge is 0.383 e. The molecule has 0 radical (unpaired) electrons. The van der Waals surface area contributed by atoms with Gasteiger partial charge in [-0.15, -0.1) is 5.10 Å². The van der Waals surface area contributed by atoms with E-state index in [0.717, 1.165) is 46.4 Å². The molecule has 0 unspecified atom stereocenters. The number of hydrogen-bond donors (Lipinski definition) is 2. The first-order valence-corrected chi connectivity index (χ1v) is 12.6. The third-order valence-corrected chi connectivity index (χ3v) is 6.68. The van der Waals surface area contributed by atoms with Crippen molar-refractivity contribution in [1.29, 1.82) is 5.26 Å². The van der Waals surface area contributed by atoms with Crippen molar-refractivity contribution < 1.29 is 0 Å². The number of hydrogen-bond acceptors (Lipinski definition) is 6. The van der Waals surface area contributed by atoms with E-state index in [2.05, 4.69) is 71.8 Å². The summed E-state index contributed by atoms with van der Waals surface area (Å²) in [6, 6.07) is 14.7. The quantitative estimate of drug-likeness (QED) is 0.295. The number of anilines is 2. The number of fused-ring (bicyclic) bond motifs is 1. The molecule has 2 aromatic heterocycles. The molecular weight excluding hydrogens is 470 g/mol. The second kappa shape index (κ2) is 9.44. The van der Waals surface area contributed by atoms with Crippen molar-refractivity contribution in [3.05, 3.63) is 76.2 Å². The topological polar surface area (TPSA) is 91.5 Å². The van der Waals surface area contributed by atoms with E-state index in [0.29, 0.717) is 28.7 Å². The third kappa shape index (κ3) is 5.00. The van der Waals surface area contributed by atoms with Gasteiger partial charge >= 0.3 is 0 Å². The van der Waals surface area contributed by atoms with Crippen molar-refractivity contribution in [3.63, 3.8) is 0 Å². The van der Waals surface area contributed by atoms with Crippen molar-refractivity contribution >= 4 is 33.9 Å². The van der Waals surface area contributed by atoms with Gasteiger partial charge in [0.15, 0.2) is 0 Å². The highest BCUT2D eigenvalue weighted by Gasteiger charge is 2.27. The SMILES string of the molecule is Cc1ccccc1[C@H](Nc1cc(Cl)c2ncc(C#N)c(NCC(C)(C)C)c2c1)c1cn(C2CC2)nn1. The maximum Gasteiger partial charge on any atom is 0.109 e. The summed E-state index contributed by atoms with van der Waals surface area (Å²) in [6.45, 7) is 9.25. The number of halogens is 1. The maximum absolute atomic E-state index is 9.78. The fourth-order valence-electron chi connectivity index (χ4n) is 4.30. The molecule has 36 heavy (non-hydrogen) atoms. The Balaban J connectivity index is 1.59. The first kappa shape index (κ1) is 24.1. The standard InChI is InChI=1S/C28H30ClN7/c1-17-7-5-6-8-21(17)27(24-15-36(35-34-24)20-9-10-20)33-19-11-22-25(32-16-28(2,3)4)18(13-30)14-31-26(22)23(29)12-19/h5-8,11-12,14-15,20,27,33H,9-10,16H2,1-4H3,(H,31,32)/t27-/m0/s1. The van der Waals surface area contributed by atoms with E-state index in [4.69, 9.17) is 11.6 Å². The van der Waals surface area contributed by atoms with Gasteiger partial charge in [-0.2, -0.15) is 5.26 Å². The minimum absolute atomic E-state index is 0.0330. The van der Waals surface area contributed by atoms with Gasteiger partial charge < -0.3 is 10.6 Å². The van der Waals surface area contributed by atoms with Crippen molar-refractivity contribution in [1.82, 2.24) is 20.0 Å². The number of pyridine rings is 1. The van der Waals surface area contributed by atoms with Crippen LogP contribution in [0.2, 0.25) is 5.02 Å². The van der Waals surface area contributed by atoms with E-state index >= 15 is 0 Å². The zero-order valence-corrected chi connectivity index (χ0v) is 21.8. The molecule has 0 spiro atoms. The van der Waals surface area contributed by atoms with Crippen LogP contribution >= 0.6 is 11.6 Å². The predicted molar refractivity (Wildman–Crippen MR) is 144 cm³/mol. The highest BCUT2D eigenvalue weighted by molar-refractivity contribution is 6.35. The zero-order valence-electron chi connectivity index (χ0n) is 21.0. The Morgan fingerprint density at radius 1 is 1.22 bits per heavy atom. The van der Waals surface area contributed by atoms with Gasteiger partial charge in [0.25, 0.3) is 0 Å². The molecule has 7 nitrogen and oxygen atoms in total. The normalized spacial score (nSPS) is 14.4. The lowest BCUT2D eigenvalue weighted by molar-refractivity contribution is 0.443. The Bertz CT molecular complexity index is 1460. The van der Waals surface area contributed by atoms with Gasteiger partial charge in [0.2, 0.25) is 0 Å². The summed E-state index contributed by atoms with van der Waals surface area (Å²) in [4.78, 5) is 4.49. The molecule has 0 aliphatic heterocycles. The zero-order chi connectivity index (χ0) is 25.4. The molecule has 1 aliphatic carbocycles. The first-order valence-electron chi connectivity index (χ1n) is 12.2. The van der Waals surface area contributed by atoms with Crippen LogP contribution in [0, 0.1) is 23.7 Å². The third-order valence-electron chi connectivity index (χ3n) is 6.40. The van der Waals surface area contributed by atoms with Crippen LogP contribution in [-0.4, -0.2) is 26.5 Å². The van der Waals surface area contributed by atoms with Crippen LogP contribution in [0.5, 0.6) is 0 Å². The smallest absolute Gasteiger partial charge is 0.109 e. The Labute approximate surface area is 216 Å². The molecule has 1 saturated carbocycles. The molecule has 0 bridgehead atoms. The molecule has 0 saturated heterocycles. The second-order valence-corrected chi connectivity index (χ2v) is 11.1. The minimum Gasteiger partial charge on any atom is -0.383 e. The summed E-state index contributed by atoms with van der Waals surface area (Å²) in [5.41, 5.74) is 5.86. The molecule has 2 N–H and O–H groups in total. The molecule has 184 valence electrons. The molecule has 0 amide bonds. The summed E-state index contributed by atoms with van der Waals surface area (Å²) in [7, 11) is 0. The number of rotatable bonds is 7. The van der Waals surface area contributed by atoms with Crippen LogP contribution in [0.4, 0.5) is 11.4 Å². The Hall–Kier alpha value is -3.63. The van der Waals surface area contributed by atoms with Gasteiger partial charge in [-0.1, -0.05) is 61.9 Å². The average molecular weight is 500 g/mol. The van der Waals surface area contributed by atoms with Crippen molar-refractivity contribution in [2.45, 2.75) is 52.6 Å². The molecule has 4 aromatic rings. The van der Waals surface area contributed by atoms with Crippen LogP contribution in [0.3, 0.4) is 0 Å². The average Bonchev–Trinajstić information content (AvgIpc) is 3.57. The van der Waals surface area contributed by atoms with Gasteiger partial charge in [-0.05, 0) is 48.4 Å². The minimum atomic E-state index is -0.217. The van der Waals surface area contributed by atoms with Gasteiger partial charge in [0.05, 0.1) is 40.1 Å². The lowest BCUT2D eigenvalue weighted by Gasteiger charge is -2.23. The predicted octanol–water partition coefficient (Wildman–Crippen LogP) is 6.65. The van der Waals surface area contributed by atoms with Crippen molar-refractivity contribution in [3.8, 4) is 6.07 Å². The Morgan fingerprint density at radius 2 is 2.00 bits per heavy atom. The molecule has 1 atom stereocenters. The molecule has 1 aliphatic rings. The van der Waals surface area contributed by atoms with Crippen LogP contribution in [0.15, 0.2) is 48.8 Å². The molecule has 5 rings (SSSR count). The van der Waals surface area contributed by atoms with Gasteiger partial charge in [-0.3, -0.25) is 4.98 Å². The molecule has 8 heteroatoms. The first-order chi connectivity index (χ1) is 17.2. The molecule has 2 heterocycles. The van der Waals surface area contributed by atoms with E-state index < -0.39 is 0 Å². The fourth-order valence-corrected chi connectivity index (χ4v) is 4.57. The van der Waals surface area contributed by atoms with Crippen molar-refractivity contribution in [2.24, 2.45) is 5.41 Å². The summed E-state index contributed by atoms with van der Waals surface area (Å²) in [5.74, 6) is 0. The van der Waals surface area contributed by atoms with Crippen molar-refractivity contribution in [2.75, 3.05) is 17.2 Å². The fraction of sp³-hybridized carbons (Fsp3) is 0.357. The van der Waals surface area contributed by atoms with Gasteiger partial charge in [0, 0.05) is 23.8 Å². The van der Waals surface area contributed by atoms with Gasteiger partial charge in [0.1, 0.15) is 11.8 Å². The number of nitriles is 1. The second-order valence-electron chi connectivity index (χ2n) is 10.7. The van der Waals surface area contributed by atoms with Crippen LogP contribution in [0.25, 0.3) is 10.9 Å². The van der Waals surface area contributed by atoms with E-state index in [1.807, 2.05) is 35.1 Å². The van der Waals surface area contributed by atoms with E-state index in [-0.39, 0.29) is 11.5 Å². The Morgan fingerprint density at radius 3 is 2.69 bits per heavy atom. The van der Waals surface area contributed by atoms with Crippen LogP contribution in [-0.2, 0) is 0 Å². The van der Waals surface area contributed by atoms with E-state index in [1.165, 1.54) is 0 Å². The van der Waals surface area contributed by atoms with Gasteiger partial charge in [-0.25, -0.2) is 4.68 Å². The monoisotopic (exact) mass is 499 g/mol. The number of benzene rings is 2. The number of nitrogens with zero attached hydrogens (tertiary/aromatic N) is 5. The summed E-state index contributed by atoms with van der Waals surface area (Å²) in [6.07, 6.45) is 5.91. The summed E-state index contributed by atoms with van der Waals surface area (Å²) in [5, 5.41) is 27.1. The Kier molecular flexibility index (Phi) is 6.31. The highest BCUT2D eigenvalue weighted by Crippen LogP contribution is 2.38. The van der Waals surface area contributed by atoms with Crippen LogP contribution in [0.1, 0.15) is 68.1 Å². The molecule has 2 aromatic carbocycles. The number of nitrogens with one attached hydrogen (secondary N) is 2.